The van der Waals surface area contributed by atoms with Crippen molar-refractivity contribution in [2.24, 2.45) is 5.92 Å². The van der Waals surface area contributed by atoms with Crippen LogP contribution in [0.4, 0.5) is 0 Å². The molecule has 1 unspecified atom stereocenters. The van der Waals surface area contributed by atoms with Crippen LogP contribution < -0.4 is 10.1 Å². The molecule has 1 atom stereocenters. The predicted octanol–water partition coefficient (Wildman–Crippen LogP) is 4.64. The first kappa shape index (κ1) is 16.2. The average molecular weight is 350 g/mol. The normalized spacial score (nSPS) is 15.0. The van der Waals surface area contributed by atoms with Crippen LogP contribution in [-0.2, 0) is 4.79 Å². The van der Waals surface area contributed by atoms with Gasteiger partial charge in [-0.25, -0.2) is 0 Å². The number of nitrogens with one attached hydrogen (secondary N) is 1. The third kappa shape index (κ3) is 4.40. The molecule has 1 aliphatic carbocycles. The van der Waals surface area contributed by atoms with Gasteiger partial charge in [0, 0.05) is 6.07 Å². The minimum absolute atomic E-state index is 0.0476. The van der Waals surface area contributed by atoms with E-state index >= 15 is 0 Å². The molecule has 1 saturated carbocycles. The van der Waals surface area contributed by atoms with Crippen LogP contribution in [0.3, 0.4) is 0 Å². The molecule has 3 rings (SSSR count). The van der Waals surface area contributed by atoms with E-state index in [9.17, 15) is 4.79 Å². The molecule has 5 heteroatoms. The number of benzene rings is 2. The number of carbonyl (C=O) groups is 1. The standard InChI is InChI=1S/C18H17Cl2NO2/c19-15-9-8-14(10-16(15)20)23-11-17(22)21-18(13-6-7-13)12-4-2-1-3-5-12/h1-5,8-10,13,18H,6-7,11H2,(H,21,22). The maximum Gasteiger partial charge on any atom is 0.258 e. The Morgan fingerprint density at radius 3 is 2.52 bits per heavy atom. The molecule has 2 aromatic carbocycles. The average Bonchev–Trinajstić information content (AvgIpc) is 3.39. The van der Waals surface area contributed by atoms with Crippen LogP contribution in [0, 0.1) is 5.92 Å². The van der Waals surface area contributed by atoms with Crippen molar-refractivity contribution in [3.05, 3.63) is 64.1 Å². The molecule has 0 saturated heterocycles. The fraction of sp³-hybridized carbons (Fsp3) is 0.278. The third-order valence-electron chi connectivity index (χ3n) is 3.83. The van der Waals surface area contributed by atoms with Crippen molar-refractivity contribution in [3.63, 3.8) is 0 Å². The van der Waals surface area contributed by atoms with E-state index in [1.54, 1.807) is 18.2 Å². The zero-order chi connectivity index (χ0) is 16.2. The summed E-state index contributed by atoms with van der Waals surface area (Å²) in [5.74, 6) is 0.903. The zero-order valence-electron chi connectivity index (χ0n) is 12.5. The van der Waals surface area contributed by atoms with Gasteiger partial charge in [-0.15, -0.1) is 0 Å². The van der Waals surface area contributed by atoms with Gasteiger partial charge in [-0.2, -0.15) is 0 Å². The Kier molecular flexibility index (Phi) is 5.09. The zero-order valence-corrected chi connectivity index (χ0v) is 14.0. The van der Waals surface area contributed by atoms with Gasteiger partial charge in [0.1, 0.15) is 5.75 Å². The lowest BCUT2D eigenvalue weighted by atomic mass is 10.0. The summed E-state index contributed by atoms with van der Waals surface area (Å²) in [6.45, 7) is -0.0476. The molecule has 23 heavy (non-hydrogen) atoms. The maximum atomic E-state index is 12.2. The van der Waals surface area contributed by atoms with E-state index in [2.05, 4.69) is 5.32 Å². The van der Waals surface area contributed by atoms with E-state index in [0.29, 0.717) is 21.7 Å². The lowest BCUT2D eigenvalue weighted by Crippen LogP contribution is -2.33. The first-order valence-corrected chi connectivity index (χ1v) is 8.31. The van der Waals surface area contributed by atoms with Gasteiger partial charge in [0.25, 0.3) is 5.91 Å². The van der Waals surface area contributed by atoms with Gasteiger partial charge in [0.2, 0.25) is 0 Å². The van der Waals surface area contributed by atoms with E-state index in [0.717, 1.165) is 18.4 Å². The molecule has 1 N–H and O–H groups in total. The Morgan fingerprint density at radius 2 is 1.87 bits per heavy atom. The molecule has 0 heterocycles. The quantitative estimate of drug-likeness (QED) is 0.824. The number of halogens is 2. The highest BCUT2D eigenvalue weighted by Gasteiger charge is 2.33. The lowest BCUT2D eigenvalue weighted by molar-refractivity contribution is -0.124. The second-order valence-corrected chi connectivity index (χ2v) is 6.47. The summed E-state index contributed by atoms with van der Waals surface area (Å²) >= 11 is 11.8. The van der Waals surface area contributed by atoms with Crippen LogP contribution >= 0.6 is 23.2 Å². The minimum Gasteiger partial charge on any atom is -0.484 e. The molecule has 0 bridgehead atoms. The summed E-state index contributed by atoms with van der Waals surface area (Å²) in [5.41, 5.74) is 1.14. The van der Waals surface area contributed by atoms with Crippen LogP contribution in [0.2, 0.25) is 10.0 Å². The van der Waals surface area contributed by atoms with Gasteiger partial charge >= 0.3 is 0 Å². The van der Waals surface area contributed by atoms with Gasteiger partial charge in [-0.1, -0.05) is 53.5 Å². The first-order chi connectivity index (χ1) is 11.1. The van der Waals surface area contributed by atoms with E-state index < -0.39 is 0 Å². The Balaban J connectivity index is 1.58. The van der Waals surface area contributed by atoms with Gasteiger partial charge in [-0.05, 0) is 36.5 Å². The van der Waals surface area contributed by atoms with Crippen molar-refractivity contribution >= 4 is 29.1 Å². The Hall–Kier alpha value is -1.71. The van der Waals surface area contributed by atoms with Crippen molar-refractivity contribution in [2.75, 3.05) is 6.61 Å². The molecule has 0 aromatic heterocycles. The maximum absolute atomic E-state index is 12.2. The van der Waals surface area contributed by atoms with Crippen LogP contribution in [0.15, 0.2) is 48.5 Å². The van der Waals surface area contributed by atoms with Crippen molar-refractivity contribution in [3.8, 4) is 5.75 Å². The van der Waals surface area contributed by atoms with Gasteiger partial charge in [0.05, 0.1) is 16.1 Å². The first-order valence-electron chi connectivity index (χ1n) is 7.55. The van der Waals surface area contributed by atoms with Gasteiger partial charge in [-0.3, -0.25) is 4.79 Å². The lowest BCUT2D eigenvalue weighted by Gasteiger charge is -2.19. The topological polar surface area (TPSA) is 38.3 Å². The minimum atomic E-state index is -0.142. The second kappa shape index (κ2) is 7.24. The van der Waals surface area contributed by atoms with Crippen molar-refractivity contribution in [1.29, 1.82) is 0 Å². The highest BCUT2D eigenvalue weighted by Crippen LogP contribution is 2.40. The SMILES string of the molecule is O=C(COc1ccc(Cl)c(Cl)c1)NC(c1ccccc1)C1CC1. The fourth-order valence-electron chi connectivity index (χ4n) is 2.49. The fourth-order valence-corrected chi connectivity index (χ4v) is 2.78. The van der Waals surface area contributed by atoms with Crippen molar-refractivity contribution < 1.29 is 9.53 Å². The third-order valence-corrected chi connectivity index (χ3v) is 4.57. The van der Waals surface area contributed by atoms with Crippen LogP contribution in [0.1, 0.15) is 24.4 Å². The van der Waals surface area contributed by atoms with E-state index in [-0.39, 0.29) is 18.6 Å². The van der Waals surface area contributed by atoms with Crippen LogP contribution in [-0.4, -0.2) is 12.5 Å². The largest absolute Gasteiger partial charge is 0.484 e. The second-order valence-electron chi connectivity index (χ2n) is 5.66. The number of rotatable bonds is 6. The summed E-state index contributed by atoms with van der Waals surface area (Å²) in [7, 11) is 0. The van der Waals surface area contributed by atoms with Crippen LogP contribution in [0.5, 0.6) is 5.75 Å². The Morgan fingerprint density at radius 1 is 1.13 bits per heavy atom. The summed E-state index contributed by atoms with van der Waals surface area (Å²) in [6.07, 6.45) is 2.29. The van der Waals surface area contributed by atoms with Gasteiger partial charge in [0.15, 0.2) is 6.61 Å². The summed E-state index contributed by atoms with van der Waals surface area (Å²) in [5, 5.41) is 3.94. The molecule has 0 spiro atoms. The molecule has 1 fully saturated rings. The smallest absolute Gasteiger partial charge is 0.258 e. The molecule has 3 nitrogen and oxygen atoms in total. The van der Waals surface area contributed by atoms with E-state index in [1.165, 1.54) is 0 Å². The van der Waals surface area contributed by atoms with E-state index in [1.807, 2.05) is 30.3 Å². The Bertz CT molecular complexity index is 687. The molecular formula is C18H17Cl2NO2. The molecule has 1 amide bonds. The summed E-state index contributed by atoms with van der Waals surface area (Å²) < 4.78 is 5.49. The molecule has 0 aliphatic heterocycles. The molecule has 2 aromatic rings. The highest BCUT2D eigenvalue weighted by atomic mass is 35.5. The molecule has 120 valence electrons. The number of hydrogen-bond donors (Lipinski definition) is 1. The summed E-state index contributed by atoms with van der Waals surface area (Å²) in [6, 6.07) is 15.0. The van der Waals surface area contributed by atoms with Crippen molar-refractivity contribution in [2.45, 2.75) is 18.9 Å². The van der Waals surface area contributed by atoms with Crippen LogP contribution in [0.25, 0.3) is 0 Å². The number of hydrogen-bond acceptors (Lipinski definition) is 2. The molecular weight excluding hydrogens is 333 g/mol. The number of carbonyl (C=O) groups excluding carboxylic acids is 1. The summed E-state index contributed by atoms with van der Waals surface area (Å²) in [4.78, 5) is 12.2. The Labute approximate surface area is 145 Å². The monoisotopic (exact) mass is 349 g/mol. The number of ether oxygens (including phenoxy) is 1. The number of amides is 1. The van der Waals surface area contributed by atoms with Gasteiger partial charge < -0.3 is 10.1 Å². The van der Waals surface area contributed by atoms with Crippen molar-refractivity contribution in [1.82, 2.24) is 5.32 Å². The molecule has 1 aliphatic rings. The van der Waals surface area contributed by atoms with E-state index in [4.69, 9.17) is 27.9 Å². The predicted molar refractivity (Wildman–Crippen MR) is 92.0 cm³/mol. The molecule has 0 radical (unpaired) electrons. The highest BCUT2D eigenvalue weighted by molar-refractivity contribution is 6.42.